The van der Waals surface area contributed by atoms with Gasteiger partial charge in [0, 0.05) is 33.2 Å². The minimum absolute atomic E-state index is 0.0215. The highest BCUT2D eigenvalue weighted by molar-refractivity contribution is 8.15. The van der Waals surface area contributed by atoms with Crippen molar-refractivity contribution >= 4 is 51.7 Å². The maximum atomic E-state index is 14.3. The molecule has 1 atom stereocenters. The summed E-state index contributed by atoms with van der Waals surface area (Å²) in [7, 11) is 0. The molecule has 0 amide bonds. The van der Waals surface area contributed by atoms with Crippen molar-refractivity contribution in [2.24, 2.45) is 0 Å². The molecule has 0 saturated carbocycles. The van der Waals surface area contributed by atoms with Gasteiger partial charge in [-0.25, -0.2) is 4.39 Å². The Labute approximate surface area is 152 Å². The number of hydrogen-bond donors (Lipinski definition) is 0. The van der Waals surface area contributed by atoms with Crippen LogP contribution < -0.4 is 4.31 Å². The molecule has 24 heavy (non-hydrogen) atoms. The molecule has 0 bridgehead atoms. The number of halogens is 3. The van der Waals surface area contributed by atoms with Crippen LogP contribution in [0.3, 0.4) is 0 Å². The number of carbonyl (C=O) groups is 2. The zero-order valence-corrected chi connectivity index (χ0v) is 14.9. The summed E-state index contributed by atoms with van der Waals surface area (Å²) in [5, 5.41) is 0.204. The first kappa shape index (κ1) is 17.3. The lowest BCUT2D eigenvalue weighted by Gasteiger charge is -2.30. The molecule has 0 aliphatic carbocycles. The lowest BCUT2D eigenvalue weighted by molar-refractivity contribution is -0.124. The first-order valence-corrected chi connectivity index (χ1v) is 8.63. The Kier molecular flexibility index (Phi) is 4.85. The largest absolute Gasteiger partial charge is 0.302 e. The lowest BCUT2D eigenvalue weighted by Crippen LogP contribution is -2.38. The molecular weight excluding hydrogens is 372 g/mol. The highest BCUT2D eigenvalue weighted by Gasteiger charge is 2.39. The Morgan fingerprint density at radius 2 is 1.83 bits per heavy atom. The Bertz CT molecular complexity index is 785. The van der Waals surface area contributed by atoms with Crippen LogP contribution in [-0.4, -0.2) is 17.4 Å². The second-order valence-corrected chi connectivity index (χ2v) is 7.33. The zero-order chi connectivity index (χ0) is 17.4. The number of Topliss-reactive ketones (excluding diaryl/α,β-unsaturated/α-hetero) is 1. The van der Waals surface area contributed by atoms with Gasteiger partial charge in [0.05, 0.1) is 6.54 Å². The van der Waals surface area contributed by atoms with E-state index in [1.54, 1.807) is 41.6 Å². The first-order chi connectivity index (χ1) is 11.4. The average Bonchev–Trinajstić information content (AvgIpc) is 2.49. The van der Waals surface area contributed by atoms with Crippen LogP contribution in [0.5, 0.6) is 0 Å². The lowest BCUT2D eigenvalue weighted by atomic mass is 9.94. The number of aryl methyl sites for hydroxylation is 1. The maximum absolute atomic E-state index is 14.3. The van der Waals surface area contributed by atoms with Gasteiger partial charge in [0.15, 0.2) is 5.78 Å². The molecule has 0 N–H and O–H groups in total. The summed E-state index contributed by atoms with van der Waals surface area (Å²) in [5.41, 5.74) is 1.27. The standard InChI is InChI=1S/C17H12Cl2FNO2S/c1-9-6-12(19)15(13(20)7-9)16-14(22)8-21(24-17(16)23)11-4-2-10(18)3-5-11/h2-7,16H,8H2,1H3. The molecule has 1 aliphatic rings. The van der Waals surface area contributed by atoms with Crippen LogP contribution >= 0.6 is 35.1 Å². The topological polar surface area (TPSA) is 37.4 Å². The molecule has 1 aliphatic heterocycles. The van der Waals surface area contributed by atoms with Crippen molar-refractivity contribution in [1.29, 1.82) is 0 Å². The summed E-state index contributed by atoms with van der Waals surface area (Å²) in [6.07, 6.45) is 0. The summed E-state index contributed by atoms with van der Waals surface area (Å²) in [6.45, 7) is 1.67. The average molecular weight is 384 g/mol. The molecular formula is C17H12Cl2FNO2S. The van der Waals surface area contributed by atoms with Crippen molar-refractivity contribution in [3.05, 3.63) is 63.4 Å². The van der Waals surface area contributed by atoms with Crippen LogP contribution in [0.15, 0.2) is 36.4 Å². The SMILES string of the molecule is Cc1cc(F)c(C2C(=O)CN(c3ccc(Cl)cc3)SC2=O)c(Cl)c1. The van der Waals surface area contributed by atoms with Crippen molar-refractivity contribution in [3.8, 4) is 0 Å². The third kappa shape index (κ3) is 3.29. The zero-order valence-electron chi connectivity index (χ0n) is 12.6. The summed E-state index contributed by atoms with van der Waals surface area (Å²) in [6, 6.07) is 9.62. The molecule has 124 valence electrons. The maximum Gasteiger partial charge on any atom is 0.224 e. The molecule has 1 heterocycles. The molecule has 2 aromatic carbocycles. The van der Waals surface area contributed by atoms with Crippen LogP contribution in [0.2, 0.25) is 10.0 Å². The van der Waals surface area contributed by atoms with Gasteiger partial charge in [-0.15, -0.1) is 0 Å². The van der Waals surface area contributed by atoms with E-state index in [1.807, 2.05) is 0 Å². The van der Waals surface area contributed by atoms with E-state index in [9.17, 15) is 14.0 Å². The quantitative estimate of drug-likeness (QED) is 0.551. The molecule has 0 aromatic heterocycles. The summed E-state index contributed by atoms with van der Waals surface area (Å²) < 4.78 is 15.8. The number of benzene rings is 2. The molecule has 1 fully saturated rings. The predicted octanol–water partition coefficient (Wildman–Crippen LogP) is 4.79. The van der Waals surface area contributed by atoms with Crippen LogP contribution in [0.4, 0.5) is 10.1 Å². The normalized spacial score (nSPS) is 18.2. The Balaban J connectivity index is 1.91. The molecule has 0 spiro atoms. The third-order valence-corrected chi connectivity index (χ3v) is 5.22. The van der Waals surface area contributed by atoms with E-state index >= 15 is 0 Å². The fourth-order valence-corrected chi connectivity index (χ4v) is 4.06. The fraction of sp³-hybridized carbons (Fsp3) is 0.176. The van der Waals surface area contributed by atoms with Gasteiger partial charge in [-0.2, -0.15) is 0 Å². The van der Waals surface area contributed by atoms with Crippen LogP contribution in [0, 0.1) is 12.7 Å². The minimum atomic E-state index is -1.19. The van der Waals surface area contributed by atoms with E-state index in [-0.39, 0.29) is 17.1 Å². The van der Waals surface area contributed by atoms with Crippen molar-refractivity contribution < 1.29 is 14.0 Å². The summed E-state index contributed by atoms with van der Waals surface area (Å²) >= 11 is 12.8. The Hall–Kier alpha value is -1.56. The highest BCUT2D eigenvalue weighted by Crippen LogP contribution is 2.38. The van der Waals surface area contributed by atoms with Crippen LogP contribution in [0.1, 0.15) is 17.0 Å². The van der Waals surface area contributed by atoms with Crippen molar-refractivity contribution in [2.75, 3.05) is 10.8 Å². The van der Waals surface area contributed by atoms with Gasteiger partial charge in [-0.1, -0.05) is 23.2 Å². The number of nitrogens with zero attached hydrogens (tertiary/aromatic N) is 1. The van der Waals surface area contributed by atoms with Gasteiger partial charge < -0.3 is 4.31 Å². The van der Waals surface area contributed by atoms with Gasteiger partial charge in [0.25, 0.3) is 0 Å². The monoisotopic (exact) mass is 383 g/mol. The van der Waals surface area contributed by atoms with E-state index in [1.165, 1.54) is 6.07 Å². The number of anilines is 1. The second-order valence-electron chi connectivity index (χ2n) is 5.46. The van der Waals surface area contributed by atoms with Crippen molar-refractivity contribution in [1.82, 2.24) is 0 Å². The van der Waals surface area contributed by atoms with E-state index in [0.29, 0.717) is 16.3 Å². The predicted molar refractivity (Wildman–Crippen MR) is 95.3 cm³/mol. The van der Waals surface area contributed by atoms with Crippen LogP contribution in [0.25, 0.3) is 0 Å². The number of ketones is 1. The molecule has 2 aromatic rings. The molecule has 3 rings (SSSR count). The second kappa shape index (κ2) is 6.75. The van der Waals surface area contributed by atoms with Gasteiger partial charge in [0.1, 0.15) is 11.7 Å². The summed E-state index contributed by atoms with van der Waals surface area (Å²) in [4.78, 5) is 25.0. The van der Waals surface area contributed by atoms with E-state index < -0.39 is 22.6 Å². The summed E-state index contributed by atoms with van der Waals surface area (Å²) in [5.74, 6) is -2.21. The molecule has 1 saturated heterocycles. The van der Waals surface area contributed by atoms with Gasteiger partial charge in [-0.05, 0) is 48.9 Å². The molecule has 1 unspecified atom stereocenters. The Morgan fingerprint density at radius 3 is 2.42 bits per heavy atom. The van der Waals surface area contributed by atoms with E-state index in [4.69, 9.17) is 23.2 Å². The van der Waals surface area contributed by atoms with Crippen molar-refractivity contribution in [3.63, 3.8) is 0 Å². The molecule has 7 heteroatoms. The highest BCUT2D eigenvalue weighted by atomic mass is 35.5. The molecule has 0 radical (unpaired) electrons. The Morgan fingerprint density at radius 1 is 1.17 bits per heavy atom. The minimum Gasteiger partial charge on any atom is -0.302 e. The number of rotatable bonds is 2. The third-order valence-electron chi connectivity index (χ3n) is 3.68. The van der Waals surface area contributed by atoms with Gasteiger partial charge >= 0.3 is 0 Å². The van der Waals surface area contributed by atoms with Gasteiger partial charge in [-0.3, -0.25) is 9.59 Å². The fourth-order valence-electron chi connectivity index (χ4n) is 2.57. The smallest absolute Gasteiger partial charge is 0.224 e. The molecule has 3 nitrogen and oxygen atoms in total. The van der Waals surface area contributed by atoms with Crippen LogP contribution in [-0.2, 0) is 9.59 Å². The van der Waals surface area contributed by atoms with E-state index in [2.05, 4.69) is 0 Å². The van der Waals surface area contributed by atoms with E-state index in [0.717, 1.165) is 11.9 Å². The number of hydrogen-bond acceptors (Lipinski definition) is 4. The number of carbonyl (C=O) groups excluding carboxylic acids is 2. The van der Waals surface area contributed by atoms with Gasteiger partial charge in [0.2, 0.25) is 5.12 Å². The first-order valence-electron chi connectivity index (χ1n) is 7.10. The van der Waals surface area contributed by atoms with Crippen molar-refractivity contribution in [2.45, 2.75) is 12.8 Å².